The smallest absolute Gasteiger partial charge is 0.164 e. The van der Waals surface area contributed by atoms with Crippen molar-refractivity contribution < 1.29 is 14.2 Å². The number of rotatable bonds is 9. The van der Waals surface area contributed by atoms with Gasteiger partial charge in [0.15, 0.2) is 11.5 Å². The van der Waals surface area contributed by atoms with E-state index < -0.39 is 0 Å². The van der Waals surface area contributed by atoms with E-state index in [1.165, 1.54) is 0 Å². The SMILES string of the molecule is COc1cc(OC)c(OC)cc1CNC(C)CCSC. The van der Waals surface area contributed by atoms with E-state index in [0.29, 0.717) is 11.8 Å². The van der Waals surface area contributed by atoms with E-state index in [0.717, 1.165) is 35.8 Å². The van der Waals surface area contributed by atoms with Gasteiger partial charge >= 0.3 is 0 Å². The molecule has 0 fully saturated rings. The first-order valence-electron chi connectivity index (χ1n) is 6.67. The minimum Gasteiger partial charge on any atom is -0.496 e. The molecular formula is C15H25NO3S. The van der Waals surface area contributed by atoms with Crippen molar-refractivity contribution in [3.05, 3.63) is 17.7 Å². The van der Waals surface area contributed by atoms with Crippen LogP contribution in [0.15, 0.2) is 12.1 Å². The number of nitrogens with one attached hydrogen (secondary N) is 1. The molecule has 1 unspecified atom stereocenters. The lowest BCUT2D eigenvalue weighted by Crippen LogP contribution is -2.26. The number of thioether (sulfide) groups is 1. The lowest BCUT2D eigenvalue weighted by atomic mass is 10.1. The van der Waals surface area contributed by atoms with E-state index in [1.54, 1.807) is 21.3 Å². The van der Waals surface area contributed by atoms with Gasteiger partial charge < -0.3 is 19.5 Å². The molecule has 0 bridgehead atoms. The molecule has 1 rings (SSSR count). The highest BCUT2D eigenvalue weighted by Crippen LogP contribution is 2.34. The van der Waals surface area contributed by atoms with Gasteiger partial charge in [-0.15, -0.1) is 0 Å². The molecule has 0 aromatic heterocycles. The average molecular weight is 299 g/mol. The van der Waals surface area contributed by atoms with Crippen molar-refractivity contribution in [2.75, 3.05) is 33.3 Å². The first kappa shape index (κ1) is 17.0. The lowest BCUT2D eigenvalue weighted by Gasteiger charge is -2.17. The van der Waals surface area contributed by atoms with Crippen LogP contribution >= 0.6 is 11.8 Å². The molecular weight excluding hydrogens is 274 g/mol. The Kier molecular flexibility index (Phi) is 7.62. The first-order chi connectivity index (χ1) is 9.65. The summed E-state index contributed by atoms with van der Waals surface area (Å²) in [6.45, 7) is 2.95. The fourth-order valence-electron chi connectivity index (χ4n) is 1.91. The zero-order valence-corrected chi connectivity index (χ0v) is 13.8. The molecule has 1 aromatic carbocycles. The van der Waals surface area contributed by atoms with E-state index in [-0.39, 0.29) is 0 Å². The molecule has 114 valence electrons. The van der Waals surface area contributed by atoms with E-state index in [9.17, 15) is 0 Å². The van der Waals surface area contributed by atoms with E-state index in [2.05, 4.69) is 18.5 Å². The highest BCUT2D eigenvalue weighted by molar-refractivity contribution is 7.98. The standard InChI is InChI=1S/C15H25NO3S/c1-11(6-7-20-5)16-10-12-8-14(18-3)15(19-4)9-13(12)17-2/h8-9,11,16H,6-7,10H2,1-5H3. The van der Waals surface area contributed by atoms with Gasteiger partial charge in [-0.05, 0) is 31.4 Å². The summed E-state index contributed by atoms with van der Waals surface area (Å²) in [5.74, 6) is 3.38. The van der Waals surface area contributed by atoms with Crippen LogP contribution in [0.5, 0.6) is 17.2 Å². The lowest BCUT2D eigenvalue weighted by molar-refractivity contribution is 0.346. The summed E-state index contributed by atoms with van der Waals surface area (Å²) in [5.41, 5.74) is 1.07. The Morgan fingerprint density at radius 2 is 1.65 bits per heavy atom. The second-order valence-electron chi connectivity index (χ2n) is 4.58. The van der Waals surface area contributed by atoms with Crippen LogP contribution in [0.3, 0.4) is 0 Å². The first-order valence-corrected chi connectivity index (χ1v) is 8.06. The van der Waals surface area contributed by atoms with Crippen LogP contribution in [-0.2, 0) is 6.54 Å². The average Bonchev–Trinajstić information content (AvgIpc) is 2.49. The van der Waals surface area contributed by atoms with Crippen molar-refractivity contribution in [2.45, 2.75) is 25.9 Å². The molecule has 1 N–H and O–H groups in total. The van der Waals surface area contributed by atoms with Gasteiger partial charge in [0.1, 0.15) is 5.75 Å². The fraction of sp³-hybridized carbons (Fsp3) is 0.600. The number of ether oxygens (including phenoxy) is 3. The van der Waals surface area contributed by atoms with Crippen LogP contribution in [0, 0.1) is 0 Å². The zero-order valence-electron chi connectivity index (χ0n) is 13.0. The Bertz CT molecular complexity index is 412. The second kappa shape index (κ2) is 8.97. The maximum Gasteiger partial charge on any atom is 0.164 e. The monoisotopic (exact) mass is 299 g/mol. The van der Waals surface area contributed by atoms with Crippen molar-refractivity contribution in [1.29, 1.82) is 0 Å². The summed E-state index contributed by atoms with van der Waals surface area (Å²) in [6.07, 6.45) is 3.28. The molecule has 5 heteroatoms. The molecule has 0 saturated carbocycles. The maximum atomic E-state index is 5.42. The third-order valence-electron chi connectivity index (χ3n) is 3.18. The molecule has 0 spiro atoms. The molecule has 0 aliphatic rings. The highest BCUT2D eigenvalue weighted by atomic mass is 32.2. The predicted molar refractivity (Wildman–Crippen MR) is 85.4 cm³/mol. The molecule has 20 heavy (non-hydrogen) atoms. The second-order valence-corrected chi connectivity index (χ2v) is 5.57. The summed E-state index contributed by atoms with van der Waals surface area (Å²) in [5, 5.41) is 3.51. The van der Waals surface area contributed by atoms with E-state index in [4.69, 9.17) is 14.2 Å². The summed E-state index contributed by atoms with van der Waals surface area (Å²) in [7, 11) is 4.93. The summed E-state index contributed by atoms with van der Waals surface area (Å²) >= 11 is 1.87. The van der Waals surface area contributed by atoms with Gasteiger partial charge in [0, 0.05) is 24.2 Å². The number of benzene rings is 1. The van der Waals surface area contributed by atoms with Crippen LogP contribution < -0.4 is 19.5 Å². The summed E-state index contributed by atoms with van der Waals surface area (Å²) in [4.78, 5) is 0. The molecule has 1 atom stereocenters. The van der Waals surface area contributed by atoms with Crippen LogP contribution in [0.2, 0.25) is 0 Å². The number of methoxy groups -OCH3 is 3. The van der Waals surface area contributed by atoms with Crippen LogP contribution in [0.1, 0.15) is 18.9 Å². The van der Waals surface area contributed by atoms with Crippen LogP contribution in [0.25, 0.3) is 0 Å². The van der Waals surface area contributed by atoms with Crippen molar-refractivity contribution in [1.82, 2.24) is 5.32 Å². The largest absolute Gasteiger partial charge is 0.496 e. The van der Waals surface area contributed by atoms with Gasteiger partial charge in [-0.3, -0.25) is 0 Å². The van der Waals surface area contributed by atoms with Gasteiger partial charge in [0.25, 0.3) is 0 Å². The van der Waals surface area contributed by atoms with Gasteiger partial charge in [-0.2, -0.15) is 11.8 Å². The normalized spacial score (nSPS) is 12.1. The van der Waals surface area contributed by atoms with Crippen molar-refractivity contribution in [3.63, 3.8) is 0 Å². The zero-order chi connectivity index (χ0) is 15.0. The van der Waals surface area contributed by atoms with Gasteiger partial charge in [0.05, 0.1) is 21.3 Å². The Hall–Kier alpha value is -1.07. The molecule has 0 amide bonds. The summed E-state index contributed by atoms with van der Waals surface area (Å²) < 4.78 is 16.0. The quantitative estimate of drug-likeness (QED) is 0.759. The van der Waals surface area contributed by atoms with Gasteiger partial charge in [-0.1, -0.05) is 0 Å². The minimum absolute atomic E-state index is 0.472. The fourth-order valence-corrected chi connectivity index (χ4v) is 2.50. The maximum absolute atomic E-state index is 5.42. The van der Waals surface area contributed by atoms with Gasteiger partial charge in [-0.25, -0.2) is 0 Å². The third-order valence-corrected chi connectivity index (χ3v) is 3.83. The Balaban J connectivity index is 2.77. The van der Waals surface area contributed by atoms with Crippen LogP contribution in [0.4, 0.5) is 0 Å². The molecule has 0 saturated heterocycles. The van der Waals surface area contributed by atoms with E-state index in [1.807, 2.05) is 23.9 Å². The molecule has 4 nitrogen and oxygen atoms in total. The molecule has 0 heterocycles. The molecule has 0 radical (unpaired) electrons. The number of hydrogen-bond acceptors (Lipinski definition) is 5. The van der Waals surface area contributed by atoms with Crippen molar-refractivity contribution in [3.8, 4) is 17.2 Å². The minimum atomic E-state index is 0.472. The van der Waals surface area contributed by atoms with E-state index >= 15 is 0 Å². The predicted octanol–water partition coefficient (Wildman–Crippen LogP) is 2.94. The van der Waals surface area contributed by atoms with Crippen molar-refractivity contribution in [2.24, 2.45) is 0 Å². The van der Waals surface area contributed by atoms with Crippen LogP contribution in [-0.4, -0.2) is 39.4 Å². The van der Waals surface area contributed by atoms with Gasteiger partial charge in [0.2, 0.25) is 0 Å². The highest BCUT2D eigenvalue weighted by Gasteiger charge is 2.12. The Morgan fingerprint density at radius 3 is 2.20 bits per heavy atom. The Labute approximate surface area is 126 Å². The molecule has 0 aliphatic heterocycles. The number of hydrogen-bond donors (Lipinski definition) is 1. The topological polar surface area (TPSA) is 39.7 Å². The summed E-state index contributed by atoms with van der Waals surface area (Å²) in [6, 6.07) is 4.30. The van der Waals surface area contributed by atoms with Crippen molar-refractivity contribution >= 4 is 11.8 Å². The molecule has 1 aromatic rings. The Morgan fingerprint density at radius 1 is 1.05 bits per heavy atom. The third kappa shape index (κ3) is 4.80. The molecule has 0 aliphatic carbocycles.